The Hall–Kier alpha value is -2.80. The second kappa shape index (κ2) is 8.75. The molecule has 5 rings (SSSR count). The summed E-state index contributed by atoms with van der Waals surface area (Å²) in [7, 11) is 0. The first kappa shape index (κ1) is 20.1. The lowest BCUT2D eigenvalue weighted by atomic mass is 9.79. The lowest BCUT2D eigenvalue weighted by molar-refractivity contribution is -0.123. The van der Waals surface area contributed by atoms with Crippen LogP contribution in [0.3, 0.4) is 0 Å². The number of rotatable bonds is 6. The summed E-state index contributed by atoms with van der Waals surface area (Å²) >= 11 is 0. The summed E-state index contributed by atoms with van der Waals surface area (Å²) in [6.45, 7) is 2.14. The maximum absolute atomic E-state index is 13.0. The summed E-state index contributed by atoms with van der Waals surface area (Å²) in [6, 6.07) is 5.92. The number of Topliss-reactive ketones (excluding diaryl/α,β-unsaturated/α-hetero) is 1. The Morgan fingerprint density at radius 2 is 1.90 bits per heavy atom. The molecule has 1 aliphatic heterocycles. The van der Waals surface area contributed by atoms with Crippen molar-refractivity contribution < 1.29 is 9.18 Å². The highest BCUT2D eigenvalue weighted by molar-refractivity contribution is 5.85. The number of carbonyl (C=O) groups excluding carboxylic acids is 1. The van der Waals surface area contributed by atoms with E-state index in [4.69, 9.17) is 0 Å². The van der Waals surface area contributed by atoms with E-state index in [9.17, 15) is 9.18 Å². The number of ketones is 1. The first-order chi connectivity index (χ1) is 15.1. The maximum Gasteiger partial charge on any atom is 0.143 e. The van der Waals surface area contributed by atoms with E-state index in [1.165, 1.54) is 0 Å². The molecule has 1 aliphatic carbocycles. The van der Waals surface area contributed by atoms with Gasteiger partial charge in [-0.1, -0.05) is 12.1 Å². The van der Waals surface area contributed by atoms with Crippen LogP contribution in [0.25, 0.3) is 22.2 Å². The first-order valence-electron chi connectivity index (χ1n) is 11.1. The molecule has 0 radical (unpaired) electrons. The monoisotopic (exact) mass is 419 g/mol. The Labute approximate surface area is 181 Å². The Balaban J connectivity index is 1.21. The Bertz CT molecular complexity index is 1060. The predicted octanol–water partition coefficient (Wildman–Crippen LogP) is 3.66. The maximum atomic E-state index is 13.0. The standard InChI is InChI=1S/C24H26FN5O/c25-20-14-30(15-20)13-16-1-3-17(4-2-16)23(31)10-24-28-11-19-6-5-18(9-21(19)29-24)22-12-26-7-8-27-22/h5-9,11-12,16-17,20H,1-4,10,13-15H2. The van der Waals surface area contributed by atoms with Gasteiger partial charge in [0.15, 0.2) is 0 Å². The van der Waals surface area contributed by atoms with E-state index in [0.717, 1.165) is 54.4 Å². The molecule has 2 aromatic heterocycles. The molecule has 0 N–H and O–H groups in total. The number of alkyl halides is 1. The van der Waals surface area contributed by atoms with E-state index in [1.807, 2.05) is 18.2 Å². The fourth-order valence-corrected chi connectivity index (χ4v) is 4.74. The predicted molar refractivity (Wildman–Crippen MR) is 116 cm³/mol. The Kier molecular flexibility index (Phi) is 5.68. The lowest BCUT2D eigenvalue weighted by Gasteiger charge is -2.38. The van der Waals surface area contributed by atoms with Crippen molar-refractivity contribution in [2.45, 2.75) is 38.3 Å². The van der Waals surface area contributed by atoms with Crippen molar-refractivity contribution in [1.29, 1.82) is 0 Å². The number of hydrogen-bond acceptors (Lipinski definition) is 6. The SMILES string of the molecule is O=C(Cc1ncc2ccc(-c3cnccn3)cc2n1)C1CCC(CN2CC(F)C2)CC1. The molecule has 1 saturated heterocycles. The number of likely N-dealkylation sites (tertiary alicyclic amines) is 1. The summed E-state index contributed by atoms with van der Waals surface area (Å²) < 4.78 is 13.0. The molecular formula is C24H26FN5O. The molecule has 2 aliphatic rings. The smallest absolute Gasteiger partial charge is 0.143 e. The van der Waals surface area contributed by atoms with Crippen molar-refractivity contribution in [2.24, 2.45) is 11.8 Å². The van der Waals surface area contributed by atoms with Crippen molar-refractivity contribution in [3.8, 4) is 11.3 Å². The van der Waals surface area contributed by atoms with E-state index >= 15 is 0 Å². The summed E-state index contributed by atoms with van der Waals surface area (Å²) in [5, 5.41) is 0.936. The van der Waals surface area contributed by atoms with Crippen LogP contribution in [0.4, 0.5) is 4.39 Å². The van der Waals surface area contributed by atoms with Gasteiger partial charge in [-0.15, -0.1) is 0 Å². The van der Waals surface area contributed by atoms with Crippen LogP contribution in [0, 0.1) is 11.8 Å². The topological polar surface area (TPSA) is 71.9 Å². The van der Waals surface area contributed by atoms with Gasteiger partial charge in [-0.3, -0.25) is 19.7 Å². The third-order valence-electron chi connectivity index (χ3n) is 6.55. The minimum absolute atomic E-state index is 0.0896. The minimum atomic E-state index is -0.642. The molecule has 0 atom stereocenters. The van der Waals surface area contributed by atoms with E-state index < -0.39 is 6.17 Å². The van der Waals surface area contributed by atoms with E-state index in [-0.39, 0.29) is 18.1 Å². The zero-order chi connectivity index (χ0) is 21.2. The van der Waals surface area contributed by atoms with Crippen LogP contribution in [0.2, 0.25) is 0 Å². The molecule has 0 spiro atoms. The van der Waals surface area contributed by atoms with Crippen LogP contribution >= 0.6 is 0 Å². The highest BCUT2D eigenvalue weighted by Gasteiger charge is 2.31. The van der Waals surface area contributed by atoms with Gasteiger partial charge in [-0.05, 0) is 37.7 Å². The molecule has 3 heterocycles. The number of fused-ring (bicyclic) bond motifs is 1. The van der Waals surface area contributed by atoms with Crippen LogP contribution in [-0.4, -0.2) is 56.4 Å². The highest BCUT2D eigenvalue weighted by atomic mass is 19.1. The van der Waals surface area contributed by atoms with Crippen molar-refractivity contribution in [3.63, 3.8) is 0 Å². The van der Waals surface area contributed by atoms with Gasteiger partial charge < -0.3 is 0 Å². The van der Waals surface area contributed by atoms with Gasteiger partial charge in [0, 0.05) is 55.1 Å². The summed E-state index contributed by atoms with van der Waals surface area (Å²) in [5.74, 6) is 1.49. The van der Waals surface area contributed by atoms with Crippen LogP contribution in [0.15, 0.2) is 43.0 Å². The normalized spacial score (nSPS) is 22.4. The molecule has 1 aromatic carbocycles. The van der Waals surface area contributed by atoms with Gasteiger partial charge >= 0.3 is 0 Å². The summed E-state index contributed by atoms with van der Waals surface area (Å²) in [4.78, 5) is 32.6. The molecule has 7 heteroatoms. The van der Waals surface area contributed by atoms with Gasteiger partial charge in [0.2, 0.25) is 0 Å². The summed E-state index contributed by atoms with van der Waals surface area (Å²) in [5.41, 5.74) is 2.54. The van der Waals surface area contributed by atoms with Crippen LogP contribution in [0.1, 0.15) is 31.5 Å². The van der Waals surface area contributed by atoms with Crippen molar-refractivity contribution >= 4 is 16.7 Å². The Morgan fingerprint density at radius 3 is 2.65 bits per heavy atom. The molecule has 0 unspecified atom stereocenters. The number of benzene rings is 1. The fraction of sp³-hybridized carbons (Fsp3) is 0.458. The molecule has 1 saturated carbocycles. The van der Waals surface area contributed by atoms with Crippen LogP contribution in [-0.2, 0) is 11.2 Å². The number of aromatic nitrogens is 4. The zero-order valence-electron chi connectivity index (χ0n) is 17.5. The average molecular weight is 420 g/mol. The van der Waals surface area contributed by atoms with Gasteiger partial charge in [0.1, 0.15) is 17.8 Å². The average Bonchev–Trinajstić information content (AvgIpc) is 2.78. The lowest BCUT2D eigenvalue weighted by Crippen LogP contribution is -2.50. The molecule has 2 fully saturated rings. The first-order valence-corrected chi connectivity index (χ1v) is 11.1. The third-order valence-corrected chi connectivity index (χ3v) is 6.55. The largest absolute Gasteiger partial charge is 0.299 e. The number of halogens is 1. The molecule has 3 aromatic rings. The van der Waals surface area contributed by atoms with E-state index in [2.05, 4.69) is 24.8 Å². The summed E-state index contributed by atoms with van der Waals surface area (Å²) in [6.07, 6.45) is 10.4. The fourth-order valence-electron chi connectivity index (χ4n) is 4.74. The van der Waals surface area contributed by atoms with Gasteiger partial charge in [0.25, 0.3) is 0 Å². The molecule has 0 bridgehead atoms. The van der Waals surface area contributed by atoms with Crippen LogP contribution < -0.4 is 0 Å². The number of nitrogens with zero attached hydrogens (tertiary/aromatic N) is 5. The van der Waals surface area contributed by atoms with E-state index in [0.29, 0.717) is 24.8 Å². The Morgan fingerprint density at radius 1 is 1.06 bits per heavy atom. The minimum Gasteiger partial charge on any atom is -0.299 e. The van der Waals surface area contributed by atoms with Crippen molar-refractivity contribution in [2.75, 3.05) is 19.6 Å². The zero-order valence-corrected chi connectivity index (χ0v) is 17.5. The molecular weight excluding hydrogens is 393 g/mol. The quantitative estimate of drug-likeness (QED) is 0.607. The second-order valence-electron chi connectivity index (χ2n) is 8.83. The molecule has 160 valence electrons. The van der Waals surface area contributed by atoms with Crippen molar-refractivity contribution in [3.05, 3.63) is 48.8 Å². The number of hydrogen-bond donors (Lipinski definition) is 0. The van der Waals surface area contributed by atoms with Gasteiger partial charge in [-0.2, -0.15) is 0 Å². The van der Waals surface area contributed by atoms with Crippen LogP contribution in [0.5, 0.6) is 0 Å². The van der Waals surface area contributed by atoms with E-state index in [1.54, 1.807) is 24.8 Å². The second-order valence-corrected chi connectivity index (χ2v) is 8.83. The highest BCUT2D eigenvalue weighted by Crippen LogP contribution is 2.31. The number of carbonyl (C=O) groups is 1. The molecule has 31 heavy (non-hydrogen) atoms. The van der Waals surface area contributed by atoms with Crippen molar-refractivity contribution in [1.82, 2.24) is 24.8 Å². The molecule has 0 amide bonds. The van der Waals surface area contributed by atoms with Gasteiger partial charge in [-0.25, -0.2) is 14.4 Å². The van der Waals surface area contributed by atoms with Gasteiger partial charge in [0.05, 0.1) is 23.8 Å². The third kappa shape index (κ3) is 4.61. The molecule has 6 nitrogen and oxygen atoms in total.